The van der Waals surface area contributed by atoms with Crippen molar-refractivity contribution in [3.8, 4) is 5.75 Å². The number of nitrogens with one attached hydrogen (secondary N) is 1. The number of piperidine rings is 1. The molecule has 0 aromatic heterocycles. The number of rotatable bonds is 5. The minimum absolute atomic E-state index is 0.358. The Morgan fingerprint density at radius 1 is 1.32 bits per heavy atom. The summed E-state index contributed by atoms with van der Waals surface area (Å²) < 4.78 is 0. The molecule has 19 heavy (non-hydrogen) atoms. The lowest BCUT2D eigenvalue weighted by Gasteiger charge is -2.33. The lowest BCUT2D eigenvalue weighted by molar-refractivity contribution is 0.369. The zero-order chi connectivity index (χ0) is 13.7. The second kappa shape index (κ2) is 6.80. The molecule has 0 atom stereocenters. The number of benzene rings is 1. The first-order valence-corrected chi connectivity index (χ1v) is 7.40. The first-order chi connectivity index (χ1) is 9.15. The summed E-state index contributed by atoms with van der Waals surface area (Å²) in [6.07, 6.45) is 2.51. The molecule has 0 aliphatic carbocycles. The molecule has 0 spiro atoms. The average molecular weight is 262 g/mol. The van der Waals surface area contributed by atoms with E-state index in [-0.39, 0.29) is 0 Å². The van der Waals surface area contributed by atoms with Crippen LogP contribution in [0.2, 0.25) is 0 Å². The highest BCUT2D eigenvalue weighted by molar-refractivity contribution is 5.50. The van der Waals surface area contributed by atoms with Gasteiger partial charge in [-0.3, -0.25) is 0 Å². The number of aromatic hydroxyl groups is 1. The van der Waals surface area contributed by atoms with Crippen molar-refractivity contribution >= 4 is 5.69 Å². The molecular weight excluding hydrogens is 236 g/mol. The molecule has 1 saturated heterocycles. The Bertz CT molecular complexity index is 386. The van der Waals surface area contributed by atoms with Crippen LogP contribution in [0.25, 0.3) is 0 Å². The summed E-state index contributed by atoms with van der Waals surface area (Å²) in [5.41, 5.74) is 1.15. The monoisotopic (exact) mass is 262 g/mol. The Balaban J connectivity index is 2.06. The number of anilines is 1. The highest BCUT2D eigenvalue weighted by Crippen LogP contribution is 2.24. The van der Waals surface area contributed by atoms with Gasteiger partial charge in [0.1, 0.15) is 5.75 Å². The fraction of sp³-hybridized carbons (Fsp3) is 0.625. The zero-order valence-corrected chi connectivity index (χ0v) is 12.1. The molecule has 1 aliphatic rings. The van der Waals surface area contributed by atoms with Gasteiger partial charge in [-0.1, -0.05) is 19.9 Å². The fourth-order valence-corrected chi connectivity index (χ4v) is 2.79. The van der Waals surface area contributed by atoms with Crippen molar-refractivity contribution in [3.05, 3.63) is 24.3 Å². The highest BCUT2D eigenvalue weighted by Gasteiger charge is 2.18. The molecule has 1 aromatic carbocycles. The van der Waals surface area contributed by atoms with Crippen LogP contribution in [0.15, 0.2) is 24.3 Å². The van der Waals surface area contributed by atoms with Gasteiger partial charge in [0.25, 0.3) is 0 Å². The van der Waals surface area contributed by atoms with E-state index in [4.69, 9.17) is 0 Å². The largest absolute Gasteiger partial charge is 0.508 e. The Morgan fingerprint density at radius 2 is 2.05 bits per heavy atom. The van der Waals surface area contributed by atoms with Crippen LogP contribution in [0.4, 0.5) is 5.69 Å². The molecule has 2 N–H and O–H groups in total. The quantitative estimate of drug-likeness (QED) is 0.856. The number of hydrogen-bond acceptors (Lipinski definition) is 3. The molecule has 3 heteroatoms. The summed E-state index contributed by atoms with van der Waals surface area (Å²) in [5, 5.41) is 13.1. The molecule has 0 bridgehead atoms. The summed E-state index contributed by atoms with van der Waals surface area (Å²) in [6, 6.07) is 7.65. The first-order valence-electron chi connectivity index (χ1n) is 7.40. The van der Waals surface area contributed by atoms with Crippen molar-refractivity contribution < 1.29 is 5.11 Å². The Kier molecular flexibility index (Phi) is 5.08. The van der Waals surface area contributed by atoms with Crippen molar-refractivity contribution in [2.45, 2.75) is 26.7 Å². The third kappa shape index (κ3) is 4.43. The van der Waals surface area contributed by atoms with Gasteiger partial charge < -0.3 is 15.3 Å². The van der Waals surface area contributed by atoms with E-state index in [1.165, 1.54) is 12.8 Å². The Labute approximate surface area is 116 Å². The summed E-state index contributed by atoms with van der Waals surface area (Å²) in [6.45, 7) is 8.92. The molecule has 2 rings (SSSR count). The van der Waals surface area contributed by atoms with Crippen LogP contribution in [0, 0.1) is 11.8 Å². The van der Waals surface area contributed by atoms with Gasteiger partial charge in [0.05, 0.1) is 0 Å². The van der Waals surface area contributed by atoms with E-state index in [1.54, 1.807) is 6.07 Å². The van der Waals surface area contributed by atoms with Crippen molar-refractivity contribution in [1.82, 2.24) is 5.32 Å². The van der Waals surface area contributed by atoms with E-state index in [2.05, 4.69) is 30.1 Å². The minimum Gasteiger partial charge on any atom is -0.508 e. The predicted octanol–water partition coefficient (Wildman–Crippen LogP) is 2.85. The second-order valence-corrected chi connectivity index (χ2v) is 6.01. The number of phenols is 1. The van der Waals surface area contributed by atoms with E-state index in [9.17, 15) is 5.11 Å². The molecule has 0 amide bonds. The lowest BCUT2D eigenvalue weighted by atomic mass is 9.97. The molecule has 1 aromatic rings. The lowest BCUT2D eigenvalue weighted by Crippen LogP contribution is -2.37. The van der Waals surface area contributed by atoms with Crippen LogP contribution in [-0.4, -0.2) is 31.3 Å². The molecule has 3 nitrogen and oxygen atoms in total. The Hall–Kier alpha value is -1.22. The van der Waals surface area contributed by atoms with Crippen LogP contribution in [0.1, 0.15) is 26.7 Å². The van der Waals surface area contributed by atoms with E-state index >= 15 is 0 Å². The maximum Gasteiger partial charge on any atom is 0.117 e. The third-order valence-corrected chi connectivity index (χ3v) is 3.72. The van der Waals surface area contributed by atoms with Gasteiger partial charge in [0, 0.05) is 24.8 Å². The summed E-state index contributed by atoms with van der Waals surface area (Å²) in [7, 11) is 0. The third-order valence-electron chi connectivity index (χ3n) is 3.72. The highest BCUT2D eigenvalue weighted by atomic mass is 16.3. The van der Waals surface area contributed by atoms with Gasteiger partial charge in [-0.05, 0) is 49.9 Å². The molecule has 1 aliphatic heterocycles. The van der Waals surface area contributed by atoms with E-state index < -0.39 is 0 Å². The van der Waals surface area contributed by atoms with Crippen LogP contribution < -0.4 is 10.2 Å². The van der Waals surface area contributed by atoms with Crippen molar-refractivity contribution in [2.75, 3.05) is 31.1 Å². The second-order valence-electron chi connectivity index (χ2n) is 6.01. The molecule has 1 fully saturated rings. The molecule has 0 saturated carbocycles. The number of hydrogen-bond donors (Lipinski definition) is 2. The van der Waals surface area contributed by atoms with Crippen molar-refractivity contribution in [3.63, 3.8) is 0 Å². The van der Waals surface area contributed by atoms with Crippen molar-refractivity contribution in [2.24, 2.45) is 11.8 Å². The summed E-state index contributed by atoms with van der Waals surface area (Å²) >= 11 is 0. The van der Waals surface area contributed by atoms with Crippen LogP contribution >= 0.6 is 0 Å². The molecule has 1 heterocycles. The van der Waals surface area contributed by atoms with Gasteiger partial charge in [0.15, 0.2) is 0 Å². The summed E-state index contributed by atoms with van der Waals surface area (Å²) in [4.78, 5) is 2.43. The van der Waals surface area contributed by atoms with Crippen molar-refractivity contribution in [1.29, 1.82) is 0 Å². The maximum absolute atomic E-state index is 9.67. The van der Waals surface area contributed by atoms with Crippen LogP contribution in [-0.2, 0) is 0 Å². The SMILES string of the molecule is CC(C)CN(CC1CCNCC1)c1cccc(O)c1. The zero-order valence-electron chi connectivity index (χ0n) is 12.1. The maximum atomic E-state index is 9.67. The van der Waals surface area contributed by atoms with E-state index in [0.29, 0.717) is 11.7 Å². The van der Waals surface area contributed by atoms with Gasteiger partial charge in [-0.15, -0.1) is 0 Å². The molecule has 0 unspecified atom stereocenters. The Morgan fingerprint density at radius 3 is 2.68 bits per heavy atom. The van der Waals surface area contributed by atoms with Crippen LogP contribution in [0.5, 0.6) is 5.75 Å². The first kappa shape index (κ1) is 14.2. The van der Waals surface area contributed by atoms with Crippen LogP contribution in [0.3, 0.4) is 0 Å². The van der Waals surface area contributed by atoms with E-state index in [0.717, 1.165) is 37.8 Å². The van der Waals surface area contributed by atoms with Gasteiger partial charge in [-0.2, -0.15) is 0 Å². The topological polar surface area (TPSA) is 35.5 Å². The summed E-state index contributed by atoms with van der Waals surface area (Å²) in [5.74, 6) is 1.75. The number of nitrogens with zero attached hydrogens (tertiary/aromatic N) is 1. The van der Waals surface area contributed by atoms with Gasteiger partial charge in [-0.25, -0.2) is 0 Å². The predicted molar refractivity (Wildman–Crippen MR) is 80.8 cm³/mol. The number of phenolic OH excluding ortho intramolecular Hbond substituents is 1. The van der Waals surface area contributed by atoms with Gasteiger partial charge in [0.2, 0.25) is 0 Å². The standard InChI is InChI=1S/C16H26N2O/c1-13(2)11-18(12-14-6-8-17-9-7-14)15-4-3-5-16(19)10-15/h3-5,10,13-14,17,19H,6-9,11-12H2,1-2H3. The smallest absolute Gasteiger partial charge is 0.117 e. The molecule has 0 radical (unpaired) electrons. The normalized spacial score (nSPS) is 16.8. The molecular formula is C16H26N2O. The van der Waals surface area contributed by atoms with Gasteiger partial charge >= 0.3 is 0 Å². The average Bonchev–Trinajstić information content (AvgIpc) is 2.39. The fourth-order valence-electron chi connectivity index (χ4n) is 2.79. The van der Waals surface area contributed by atoms with E-state index in [1.807, 2.05) is 12.1 Å². The molecule has 106 valence electrons. The minimum atomic E-state index is 0.358.